The molecule has 0 N–H and O–H groups in total. The van der Waals surface area contributed by atoms with Crippen molar-refractivity contribution in [2.24, 2.45) is 0 Å². The average molecular weight is 309 g/mol. The molecule has 0 bridgehead atoms. The number of rotatable bonds is 10. The van der Waals surface area contributed by atoms with Gasteiger partial charge in [0.25, 0.3) is 0 Å². The Bertz CT molecular complexity index is 493. The molecular weight excluding hydrogens is 284 g/mol. The molecule has 0 atom stereocenters. The van der Waals surface area contributed by atoms with E-state index in [4.69, 9.17) is 0 Å². The van der Waals surface area contributed by atoms with Gasteiger partial charge in [0.2, 0.25) is 0 Å². The molecule has 0 radical (unpaired) electrons. The van der Waals surface area contributed by atoms with Crippen LogP contribution in [0.1, 0.15) is 72.8 Å². The zero-order valence-corrected chi connectivity index (χ0v) is 14.0. The summed E-state index contributed by atoms with van der Waals surface area (Å²) >= 11 is 3.48. The van der Waals surface area contributed by atoms with E-state index in [2.05, 4.69) is 13.0 Å². The van der Waals surface area contributed by atoms with Crippen LogP contribution in [0.2, 0.25) is 0 Å². The Balaban J connectivity index is 1.63. The maximum absolute atomic E-state index is 10.7. The molecule has 0 fully saturated rings. The molecule has 2 aromatic heterocycles. The number of hydrogen-bond acceptors (Lipinski definition) is 3. The number of aryl methyl sites for hydroxylation is 1. The lowest BCUT2D eigenvalue weighted by molar-refractivity contribution is 0.112. The first-order chi connectivity index (χ1) is 9.83. The molecule has 0 amide bonds. The van der Waals surface area contributed by atoms with Gasteiger partial charge in [-0.15, -0.1) is 22.7 Å². The van der Waals surface area contributed by atoms with Gasteiger partial charge in [-0.3, -0.25) is 4.79 Å². The van der Waals surface area contributed by atoms with Crippen LogP contribution in [0.15, 0.2) is 12.1 Å². The second-order valence-electron chi connectivity index (χ2n) is 5.43. The van der Waals surface area contributed by atoms with Gasteiger partial charge in [0.05, 0.1) is 4.88 Å². The summed E-state index contributed by atoms with van der Waals surface area (Å²) in [6, 6.07) is 4.30. The highest BCUT2D eigenvalue weighted by molar-refractivity contribution is 7.28. The Hall–Kier alpha value is -0.670. The van der Waals surface area contributed by atoms with Gasteiger partial charge in [0.1, 0.15) is 0 Å². The van der Waals surface area contributed by atoms with Crippen LogP contribution in [0.3, 0.4) is 0 Å². The maximum atomic E-state index is 10.7. The molecule has 0 saturated carbocycles. The Morgan fingerprint density at radius 1 is 0.900 bits per heavy atom. The van der Waals surface area contributed by atoms with E-state index < -0.39 is 0 Å². The number of thiophene rings is 2. The molecule has 2 rings (SSSR count). The molecule has 0 aliphatic heterocycles. The van der Waals surface area contributed by atoms with Crippen LogP contribution in [-0.4, -0.2) is 6.29 Å². The van der Waals surface area contributed by atoms with Gasteiger partial charge >= 0.3 is 0 Å². The van der Waals surface area contributed by atoms with Gasteiger partial charge < -0.3 is 0 Å². The number of aldehydes is 1. The summed E-state index contributed by atoms with van der Waals surface area (Å²) in [4.78, 5) is 13.0. The van der Waals surface area contributed by atoms with E-state index >= 15 is 0 Å². The Morgan fingerprint density at radius 3 is 2.20 bits per heavy atom. The second-order valence-corrected chi connectivity index (χ2v) is 7.72. The maximum Gasteiger partial charge on any atom is 0.160 e. The van der Waals surface area contributed by atoms with Gasteiger partial charge in [-0.25, -0.2) is 0 Å². The minimum Gasteiger partial charge on any atom is -0.297 e. The molecule has 0 aliphatic carbocycles. The van der Waals surface area contributed by atoms with Gasteiger partial charge in [0.15, 0.2) is 6.29 Å². The summed E-state index contributed by atoms with van der Waals surface area (Å²) in [6.07, 6.45) is 13.2. The number of carbonyl (C=O) groups excluding carboxylic acids is 1. The van der Waals surface area contributed by atoms with E-state index in [-0.39, 0.29) is 0 Å². The molecule has 2 aromatic rings. The first kappa shape index (κ1) is 15.7. The second kappa shape index (κ2) is 8.58. The summed E-state index contributed by atoms with van der Waals surface area (Å²) in [5.41, 5.74) is 0. The molecule has 110 valence electrons. The van der Waals surface area contributed by atoms with Crippen molar-refractivity contribution < 1.29 is 4.79 Å². The summed E-state index contributed by atoms with van der Waals surface area (Å²) in [7, 11) is 0. The van der Waals surface area contributed by atoms with E-state index in [9.17, 15) is 4.79 Å². The van der Waals surface area contributed by atoms with E-state index in [1.165, 1.54) is 72.1 Å². The normalized spacial score (nSPS) is 11.2. The highest BCUT2D eigenvalue weighted by Crippen LogP contribution is 2.33. The third-order valence-corrected chi connectivity index (χ3v) is 5.95. The fourth-order valence-corrected chi connectivity index (χ4v) is 4.81. The van der Waals surface area contributed by atoms with Crippen LogP contribution in [0.4, 0.5) is 0 Å². The lowest BCUT2D eigenvalue weighted by Gasteiger charge is -2.00. The van der Waals surface area contributed by atoms with Gasteiger partial charge in [-0.05, 0) is 25.0 Å². The quantitative estimate of drug-likeness (QED) is 0.363. The lowest BCUT2D eigenvalue weighted by Crippen LogP contribution is -1.83. The Kier molecular flexibility index (Phi) is 6.74. The monoisotopic (exact) mass is 308 g/mol. The van der Waals surface area contributed by atoms with Crippen molar-refractivity contribution in [1.82, 2.24) is 0 Å². The highest BCUT2D eigenvalue weighted by atomic mass is 32.1. The third kappa shape index (κ3) is 4.71. The molecule has 0 aromatic carbocycles. The highest BCUT2D eigenvalue weighted by Gasteiger charge is 2.06. The van der Waals surface area contributed by atoms with Crippen molar-refractivity contribution >= 4 is 38.4 Å². The summed E-state index contributed by atoms with van der Waals surface area (Å²) < 4.78 is 2.57. The van der Waals surface area contributed by atoms with Crippen molar-refractivity contribution in [1.29, 1.82) is 0 Å². The van der Waals surface area contributed by atoms with Gasteiger partial charge in [0, 0.05) is 14.3 Å². The average Bonchev–Trinajstić information content (AvgIpc) is 2.99. The van der Waals surface area contributed by atoms with Crippen molar-refractivity contribution in [2.45, 2.75) is 64.7 Å². The first-order valence-corrected chi connectivity index (χ1v) is 9.44. The molecule has 20 heavy (non-hydrogen) atoms. The molecule has 0 aliphatic rings. The predicted octanol–water partition coefficient (Wildman–Crippen LogP) is 6.46. The van der Waals surface area contributed by atoms with Crippen LogP contribution in [0, 0.1) is 0 Å². The van der Waals surface area contributed by atoms with Crippen molar-refractivity contribution in [3.8, 4) is 0 Å². The van der Waals surface area contributed by atoms with Crippen molar-refractivity contribution in [3.63, 3.8) is 0 Å². The Labute approximate surface area is 130 Å². The van der Waals surface area contributed by atoms with Crippen LogP contribution < -0.4 is 0 Å². The zero-order chi connectivity index (χ0) is 14.2. The molecule has 3 heteroatoms. The summed E-state index contributed by atoms with van der Waals surface area (Å²) in [6.45, 7) is 2.27. The van der Waals surface area contributed by atoms with E-state index in [1.807, 2.05) is 17.4 Å². The minimum absolute atomic E-state index is 0.852. The molecule has 0 saturated heterocycles. The van der Waals surface area contributed by atoms with Gasteiger partial charge in [-0.2, -0.15) is 0 Å². The summed E-state index contributed by atoms with van der Waals surface area (Å²) in [5.74, 6) is 0. The first-order valence-electron chi connectivity index (χ1n) is 7.81. The standard InChI is InChI=1S/C17H24OS2/c1-2-3-4-5-6-7-8-9-10-14-11-16-17(19-14)12-15(13-18)20-16/h11-13H,2-10H2,1H3. The van der Waals surface area contributed by atoms with Crippen LogP contribution >= 0.6 is 22.7 Å². The molecule has 0 unspecified atom stereocenters. The van der Waals surface area contributed by atoms with Crippen molar-refractivity contribution in [2.75, 3.05) is 0 Å². The molecular formula is C17H24OS2. The fraction of sp³-hybridized carbons (Fsp3) is 0.588. The summed E-state index contributed by atoms with van der Waals surface area (Å²) in [5, 5.41) is 0. The minimum atomic E-state index is 0.852. The van der Waals surface area contributed by atoms with Crippen LogP contribution in [0.5, 0.6) is 0 Å². The largest absolute Gasteiger partial charge is 0.297 e. The third-order valence-electron chi connectivity index (χ3n) is 3.67. The molecule has 1 nitrogen and oxygen atoms in total. The zero-order valence-electron chi connectivity index (χ0n) is 12.3. The van der Waals surface area contributed by atoms with Crippen LogP contribution in [-0.2, 0) is 6.42 Å². The van der Waals surface area contributed by atoms with Gasteiger partial charge in [-0.1, -0.05) is 51.9 Å². The smallest absolute Gasteiger partial charge is 0.160 e. The van der Waals surface area contributed by atoms with E-state index in [0.29, 0.717) is 0 Å². The predicted molar refractivity (Wildman–Crippen MR) is 91.4 cm³/mol. The van der Waals surface area contributed by atoms with Crippen LogP contribution in [0.25, 0.3) is 9.40 Å². The number of fused-ring (bicyclic) bond motifs is 1. The van der Waals surface area contributed by atoms with Crippen molar-refractivity contribution in [3.05, 3.63) is 21.9 Å². The fourth-order valence-electron chi connectivity index (χ4n) is 2.52. The topological polar surface area (TPSA) is 17.1 Å². The SMILES string of the molecule is CCCCCCCCCCc1cc2sc(C=O)cc2s1. The molecule has 0 spiro atoms. The van der Waals surface area contributed by atoms with E-state index in [1.54, 1.807) is 11.3 Å². The number of hydrogen-bond donors (Lipinski definition) is 0. The number of unbranched alkanes of at least 4 members (excludes halogenated alkanes) is 7. The Morgan fingerprint density at radius 2 is 1.55 bits per heavy atom. The molecule has 2 heterocycles. The van der Waals surface area contributed by atoms with E-state index in [0.717, 1.165) is 11.2 Å². The number of carbonyl (C=O) groups is 1. The lowest BCUT2D eigenvalue weighted by atomic mass is 10.1.